The zero-order valence-electron chi connectivity index (χ0n) is 39.1. The maximum absolute atomic E-state index is 12.7. The summed E-state index contributed by atoms with van der Waals surface area (Å²) in [6.07, 6.45) is 41.1. The van der Waals surface area contributed by atoms with Gasteiger partial charge in [-0.3, -0.25) is 14.4 Å². The van der Waals surface area contributed by atoms with Crippen molar-refractivity contribution in [3.8, 4) is 0 Å². The summed E-state index contributed by atoms with van der Waals surface area (Å²) < 4.78 is 16.7. The van der Waals surface area contributed by atoms with Crippen molar-refractivity contribution in [3.05, 3.63) is 0 Å². The van der Waals surface area contributed by atoms with Crippen molar-refractivity contribution in [1.29, 1.82) is 0 Å². The summed E-state index contributed by atoms with van der Waals surface area (Å²) in [6.45, 7) is 13.6. The normalized spacial score (nSPS) is 12.2. The fourth-order valence-corrected chi connectivity index (χ4v) is 7.59. The molecule has 0 spiro atoms. The summed E-state index contributed by atoms with van der Waals surface area (Å²) in [5.41, 5.74) is 0. The molecule has 338 valence electrons. The lowest BCUT2D eigenvalue weighted by Crippen LogP contribution is -2.30. The first-order valence-electron chi connectivity index (χ1n) is 25.1. The fraction of sp³-hybridized carbons (Fsp3) is 0.941. The Morgan fingerprint density at radius 2 is 0.509 bits per heavy atom. The minimum absolute atomic E-state index is 0.0660. The van der Waals surface area contributed by atoms with Crippen LogP contribution in [0.4, 0.5) is 0 Å². The summed E-state index contributed by atoms with van der Waals surface area (Å²) in [5, 5.41) is 0. The highest BCUT2D eigenvalue weighted by Crippen LogP contribution is 2.17. The zero-order valence-corrected chi connectivity index (χ0v) is 39.1. The van der Waals surface area contributed by atoms with Gasteiger partial charge in [0.15, 0.2) is 6.10 Å². The van der Waals surface area contributed by atoms with E-state index in [4.69, 9.17) is 14.2 Å². The van der Waals surface area contributed by atoms with Gasteiger partial charge < -0.3 is 14.2 Å². The van der Waals surface area contributed by atoms with E-state index in [-0.39, 0.29) is 31.1 Å². The second-order valence-electron chi connectivity index (χ2n) is 18.9. The third-order valence-electron chi connectivity index (χ3n) is 11.4. The van der Waals surface area contributed by atoms with E-state index in [1.165, 1.54) is 154 Å². The van der Waals surface area contributed by atoms with Crippen LogP contribution in [0, 0.1) is 17.8 Å². The fourth-order valence-electron chi connectivity index (χ4n) is 7.59. The van der Waals surface area contributed by atoms with Gasteiger partial charge in [0.05, 0.1) is 0 Å². The minimum Gasteiger partial charge on any atom is -0.462 e. The summed E-state index contributed by atoms with van der Waals surface area (Å²) in [7, 11) is 0. The van der Waals surface area contributed by atoms with Crippen molar-refractivity contribution in [2.45, 2.75) is 279 Å². The highest BCUT2D eigenvalue weighted by Gasteiger charge is 2.19. The van der Waals surface area contributed by atoms with Gasteiger partial charge in [-0.15, -0.1) is 0 Å². The Balaban J connectivity index is 4.21. The molecule has 0 bridgehead atoms. The third kappa shape index (κ3) is 45.3. The molecular weight excluding hydrogens is 709 g/mol. The monoisotopic (exact) mass is 807 g/mol. The van der Waals surface area contributed by atoms with Gasteiger partial charge in [0.2, 0.25) is 0 Å². The molecule has 0 saturated heterocycles. The average Bonchev–Trinajstić information content (AvgIpc) is 3.16. The Bertz CT molecular complexity index is 883. The molecule has 0 rings (SSSR count). The topological polar surface area (TPSA) is 78.9 Å². The first-order valence-corrected chi connectivity index (χ1v) is 25.1. The van der Waals surface area contributed by atoms with E-state index in [1.807, 2.05) is 0 Å². The van der Waals surface area contributed by atoms with Crippen molar-refractivity contribution in [2.75, 3.05) is 13.2 Å². The maximum atomic E-state index is 12.7. The number of unbranched alkanes of at least 4 members (excludes halogenated alkanes) is 27. The van der Waals surface area contributed by atoms with E-state index in [0.29, 0.717) is 19.3 Å². The summed E-state index contributed by atoms with van der Waals surface area (Å²) >= 11 is 0. The van der Waals surface area contributed by atoms with Gasteiger partial charge in [0, 0.05) is 19.3 Å². The molecular formula is C51H98O6. The molecule has 0 unspecified atom stereocenters. The lowest BCUT2D eigenvalue weighted by atomic mass is 10.0. The van der Waals surface area contributed by atoms with Crippen LogP contribution in [-0.2, 0) is 28.6 Å². The van der Waals surface area contributed by atoms with E-state index in [1.54, 1.807) is 0 Å². The van der Waals surface area contributed by atoms with Gasteiger partial charge in [-0.05, 0) is 37.0 Å². The van der Waals surface area contributed by atoms with E-state index in [0.717, 1.165) is 75.5 Å². The van der Waals surface area contributed by atoms with Gasteiger partial charge >= 0.3 is 17.9 Å². The van der Waals surface area contributed by atoms with Crippen LogP contribution in [0.3, 0.4) is 0 Å². The predicted octanol–water partition coefficient (Wildman–Crippen LogP) is 16.0. The van der Waals surface area contributed by atoms with Crippen LogP contribution in [0.15, 0.2) is 0 Å². The molecule has 0 aliphatic rings. The van der Waals surface area contributed by atoms with Crippen LogP contribution < -0.4 is 0 Å². The third-order valence-corrected chi connectivity index (χ3v) is 11.4. The minimum atomic E-state index is -0.762. The molecule has 0 aromatic rings. The second-order valence-corrected chi connectivity index (χ2v) is 18.9. The summed E-state index contributed by atoms with van der Waals surface area (Å²) in [5.74, 6) is 1.55. The Labute approximate surface area is 355 Å². The number of carbonyl (C=O) groups is 3. The first kappa shape index (κ1) is 55.4. The van der Waals surface area contributed by atoms with Crippen LogP contribution in [0.1, 0.15) is 273 Å². The molecule has 0 radical (unpaired) electrons. The Kier molecular flexibility index (Phi) is 41.3. The number of hydrogen-bond donors (Lipinski definition) is 0. The van der Waals surface area contributed by atoms with Gasteiger partial charge in [-0.25, -0.2) is 0 Å². The molecule has 57 heavy (non-hydrogen) atoms. The first-order chi connectivity index (χ1) is 27.6. The Morgan fingerprint density at radius 1 is 0.298 bits per heavy atom. The molecule has 0 aliphatic heterocycles. The number of ether oxygens (including phenoxy) is 3. The molecule has 6 heteroatoms. The number of hydrogen-bond acceptors (Lipinski definition) is 6. The molecule has 6 nitrogen and oxygen atoms in total. The molecule has 1 atom stereocenters. The highest BCUT2D eigenvalue weighted by atomic mass is 16.6. The van der Waals surface area contributed by atoms with Crippen LogP contribution >= 0.6 is 0 Å². The maximum Gasteiger partial charge on any atom is 0.306 e. The van der Waals surface area contributed by atoms with Gasteiger partial charge in [0.25, 0.3) is 0 Å². The zero-order chi connectivity index (χ0) is 42.0. The van der Waals surface area contributed by atoms with Crippen LogP contribution in [-0.4, -0.2) is 37.2 Å². The Hall–Kier alpha value is -1.59. The molecule has 0 amide bonds. The SMILES string of the molecule is CC(C)CCCCCCCCCCCCCCCCCCC(=O)OC[C@H](COC(=O)CCCCCCCCC(C)C)OC(=O)CCCCCCCCCCC(C)C. The predicted molar refractivity (Wildman–Crippen MR) is 243 cm³/mol. The summed E-state index contributed by atoms with van der Waals surface area (Å²) in [4.78, 5) is 37.8. The number of carbonyl (C=O) groups excluding carboxylic acids is 3. The van der Waals surface area contributed by atoms with Crippen molar-refractivity contribution in [1.82, 2.24) is 0 Å². The molecule has 0 aromatic carbocycles. The quantitative estimate of drug-likeness (QED) is 0.0347. The smallest absolute Gasteiger partial charge is 0.306 e. The van der Waals surface area contributed by atoms with Crippen LogP contribution in [0.25, 0.3) is 0 Å². The van der Waals surface area contributed by atoms with Gasteiger partial charge in [0.1, 0.15) is 13.2 Å². The van der Waals surface area contributed by atoms with E-state index in [2.05, 4.69) is 41.5 Å². The second kappa shape index (κ2) is 42.5. The van der Waals surface area contributed by atoms with E-state index < -0.39 is 6.10 Å². The highest BCUT2D eigenvalue weighted by molar-refractivity contribution is 5.71. The largest absolute Gasteiger partial charge is 0.462 e. The molecule has 0 aromatic heterocycles. The Morgan fingerprint density at radius 3 is 0.754 bits per heavy atom. The van der Waals surface area contributed by atoms with E-state index >= 15 is 0 Å². The average molecular weight is 807 g/mol. The molecule has 0 aliphatic carbocycles. The van der Waals surface area contributed by atoms with Crippen molar-refractivity contribution >= 4 is 17.9 Å². The lowest BCUT2D eigenvalue weighted by molar-refractivity contribution is -0.167. The van der Waals surface area contributed by atoms with Crippen molar-refractivity contribution < 1.29 is 28.6 Å². The molecule has 0 fully saturated rings. The molecule has 0 saturated carbocycles. The lowest BCUT2D eigenvalue weighted by Gasteiger charge is -2.18. The van der Waals surface area contributed by atoms with Crippen molar-refractivity contribution in [2.24, 2.45) is 17.8 Å². The van der Waals surface area contributed by atoms with Crippen LogP contribution in [0.2, 0.25) is 0 Å². The number of rotatable bonds is 44. The number of esters is 3. The summed E-state index contributed by atoms with van der Waals surface area (Å²) in [6, 6.07) is 0. The van der Waals surface area contributed by atoms with E-state index in [9.17, 15) is 14.4 Å². The van der Waals surface area contributed by atoms with Crippen LogP contribution in [0.5, 0.6) is 0 Å². The standard InChI is InChI=1S/C51H98O6/c1-45(2)37-31-25-19-15-13-11-9-7-8-10-12-14-16-21-28-34-40-49(52)55-43-48(44-56-50(53)41-35-29-24-23-27-33-39-47(5)6)57-51(54)42-36-30-22-18-17-20-26-32-38-46(3)4/h45-48H,7-44H2,1-6H3/t48-/m1/s1. The van der Waals surface area contributed by atoms with Gasteiger partial charge in [-0.1, -0.05) is 234 Å². The molecule has 0 N–H and O–H groups in total. The van der Waals surface area contributed by atoms with Gasteiger partial charge in [-0.2, -0.15) is 0 Å². The van der Waals surface area contributed by atoms with Crippen molar-refractivity contribution in [3.63, 3.8) is 0 Å². The molecule has 0 heterocycles.